The molecule has 3 aliphatic heterocycles. The number of hydrogen-bond donors (Lipinski definition) is 12. The summed E-state index contributed by atoms with van der Waals surface area (Å²) in [5.41, 5.74) is 11.4. The highest BCUT2D eigenvalue weighted by Crippen LogP contribution is 2.71. The number of phosphoric acid groups is 4. The molecule has 2 fully saturated rings. The van der Waals surface area contributed by atoms with Crippen LogP contribution in [0.5, 0.6) is 0 Å². The third-order valence-corrected chi connectivity index (χ3v) is 14.2. The number of guanidine groups is 1. The lowest BCUT2D eigenvalue weighted by atomic mass is 10.1. The highest BCUT2D eigenvalue weighted by molar-refractivity contribution is 7.69. The van der Waals surface area contributed by atoms with E-state index in [9.17, 15) is 63.1 Å². The van der Waals surface area contributed by atoms with Crippen LogP contribution in [0.3, 0.4) is 0 Å². The van der Waals surface area contributed by atoms with E-state index in [0.29, 0.717) is 11.4 Å². The summed E-state index contributed by atoms with van der Waals surface area (Å²) in [6.07, 6.45) is -10.7. The number of aryl methyl sites for hydroxylation is 2. The van der Waals surface area contributed by atoms with Crippen molar-refractivity contribution >= 4 is 65.9 Å². The molecule has 0 aliphatic carbocycles. The van der Waals surface area contributed by atoms with E-state index in [-0.39, 0.29) is 28.9 Å². The molecule has 2 saturated heterocycles. The molecule has 57 heavy (non-hydrogen) atoms. The van der Waals surface area contributed by atoms with Gasteiger partial charge in [-0.2, -0.15) is 12.9 Å². The van der Waals surface area contributed by atoms with Crippen molar-refractivity contribution in [1.82, 2.24) is 24.4 Å². The SMILES string of the molecule is C=C1NC(N)=Nc2c1n(C)c[n+]2[C@@H]1OC(COP(=O)(O)OP(=O)(O)OP(=O)(O)OP(=O)(O)OC[C@H]2OC([n+]3cn(C)c4c(=O)[nH]c(N)nc43)[C@H](O)[C@@H]2O)[C@@H](O)[C@H]1O. The lowest BCUT2D eigenvalue weighted by molar-refractivity contribution is -0.754. The summed E-state index contributed by atoms with van der Waals surface area (Å²) in [7, 11) is -21.0. The van der Waals surface area contributed by atoms with Gasteiger partial charge in [0.2, 0.25) is 18.0 Å². The number of aliphatic hydroxyl groups is 4. The first-order valence-corrected chi connectivity index (χ1v) is 21.7. The van der Waals surface area contributed by atoms with Crippen LogP contribution in [0.15, 0.2) is 29.0 Å². The van der Waals surface area contributed by atoms with Crippen LogP contribution in [0.25, 0.3) is 16.9 Å². The third-order valence-electron chi connectivity index (χ3n) is 8.33. The Morgan fingerprint density at radius 3 is 1.81 bits per heavy atom. The van der Waals surface area contributed by atoms with E-state index in [1.165, 1.54) is 33.4 Å². The monoisotopic (exact) mass is 896 g/mol. The standard InChI is InChI=1S/C23H34N10O20P4/c1-8-11-17(27-22(24)26-8)32(6-30(11)2)20-15(36)13(34)9(49-20)4-47-54(39,40)51-56(43,44)53-57(45,46)52-55(41,42)48-5-10-14(35)16(37)21(50-10)33-7-31(3)12-18(33)28-23(25)29-19(12)38/h6-7,9-10,13-16,20-21,34-37H,1,4-5H2,2-3H3,(H8-2,24,25,26,27,28,29,38,39,40,41,42,43,44,45,46)/p+2/t9?,10-,13-,14-,15-,16-,20-,21?/m1/s1. The number of ether oxygens (including phenoxy) is 2. The number of imidazole rings is 2. The molecule has 14 N–H and O–H groups in total. The normalized spacial score (nSPS) is 30.6. The maximum Gasteiger partial charge on any atom is 0.490 e. The van der Waals surface area contributed by atoms with Crippen LogP contribution in [-0.2, 0) is 63.8 Å². The van der Waals surface area contributed by atoms with Crippen molar-refractivity contribution < 1.29 is 98.8 Å². The van der Waals surface area contributed by atoms with Crippen LogP contribution in [0.4, 0.5) is 11.8 Å². The molecule has 3 aliphatic rings. The van der Waals surface area contributed by atoms with Crippen molar-refractivity contribution in [1.29, 1.82) is 0 Å². The number of aliphatic imine (C=N–C) groups is 1. The number of nitrogens with zero attached hydrogens (tertiary/aromatic N) is 6. The first kappa shape index (κ1) is 43.3. The number of nitrogens with two attached hydrogens (primary N) is 2. The Morgan fingerprint density at radius 1 is 0.807 bits per heavy atom. The van der Waals surface area contributed by atoms with E-state index in [0.717, 1.165) is 4.57 Å². The van der Waals surface area contributed by atoms with Crippen molar-refractivity contribution in [3.63, 3.8) is 0 Å². The average Bonchev–Trinajstić information content (AvgIpc) is 3.74. The molecular weight excluding hydrogens is 860 g/mol. The van der Waals surface area contributed by atoms with Crippen LogP contribution < -0.4 is 31.5 Å². The van der Waals surface area contributed by atoms with Crippen molar-refractivity contribution in [2.75, 3.05) is 18.9 Å². The zero-order valence-corrected chi connectivity index (χ0v) is 32.6. The number of H-pyrrole nitrogens is 1. The number of aromatic amines is 1. The van der Waals surface area contributed by atoms with Crippen molar-refractivity contribution in [3.8, 4) is 0 Å². The van der Waals surface area contributed by atoms with E-state index in [2.05, 4.69) is 48.8 Å². The summed E-state index contributed by atoms with van der Waals surface area (Å²) in [6.45, 7) is 1.55. The Hall–Kier alpha value is -3.31. The zero-order valence-electron chi connectivity index (χ0n) is 29.0. The summed E-state index contributed by atoms with van der Waals surface area (Å²) >= 11 is 0. The van der Waals surface area contributed by atoms with Gasteiger partial charge in [0.25, 0.3) is 17.5 Å². The lowest BCUT2D eigenvalue weighted by Gasteiger charge is -2.21. The quantitative estimate of drug-likeness (QED) is 0.0538. The number of aromatic nitrogens is 6. The van der Waals surface area contributed by atoms with Gasteiger partial charge >= 0.3 is 42.8 Å². The summed E-state index contributed by atoms with van der Waals surface area (Å²) < 4.78 is 87.0. The third kappa shape index (κ3) is 8.99. The van der Waals surface area contributed by atoms with E-state index < -0.39 is 99.1 Å². The molecule has 0 bridgehead atoms. The number of aliphatic hydroxyl groups excluding tert-OH is 4. The number of nitrogen functional groups attached to an aromatic ring is 1. The van der Waals surface area contributed by atoms with E-state index in [1.54, 1.807) is 7.05 Å². The second kappa shape index (κ2) is 15.4. The van der Waals surface area contributed by atoms with Crippen LogP contribution in [-0.4, -0.2) is 115 Å². The predicted octanol–water partition coefficient (Wildman–Crippen LogP) is -4.30. The van der Waals surface area contributed by atoms with Gasteiger partial charge in [-0.15, -0.1) is 0 Å². The molecule has 34 heteroatoms. The number of nitrogens with one attached hydrogen (secondary N) is 2. The molecule has 30 nitrogen and oxygen atoms in total. The van der Waals surface area contributed by atoms with Gasteiger partial charge in [0.15, 0.2) is 18.3 Å². The van der Waals surface area contributed by atoms with E-state index in [1.807, 2.05) is 0 Å². The van der Waals surface area contributed by atoms with Crippen molar-refractivity contribution in [3.05, 3.63) is 35.3 Å². The minimum Gasteiger partial charge on any atom is -0.387 e. The fraction of sp³-hybridized carbons (Fsp3) is 0.522. The zero-order chi connectivity index (χ0) is 42.2. The highest BCUT2D eigenvalue weighted by Gasteiger charge is 2.52. The molecule has 0 amide bonds. The topological polar surface area (TPSA) is 435 Å². The summed E-state index contributed by atoms with van der Waals surface area (Å²) in [6, 6.07) is 0. The van der Waals surface area contributed by atoms with Gasteiger partial charge in [-0.25, -0.2) is 27.4 Å². The van der Waals surface area contributed by atoms with Gasteiger partial charge in [-0.1, -0.05) is 16.6 Å². The number of hydrogen-bond acceptors (Lipinski definition) is 21. The average molecular weight is 896 g/mol. The van der Waals surface area contributed by atoms with Gasteiger partial charge in [-0.05, 0) is 0 Å². The van der Waals surface area contributed by atoms with E-state index in [4.69, 9.17) is 20.9 Å². The maximum atomic E-state index is 12.5. The molecule has 6 unspecified atom stereocenters. The Bertz CT molecular complexity index is 2390. The highest BCUT2D eigenvalue weighted by atomic mass is 31.3. The van der Waals surface area contributed by atoms with Gasteiger partial charge < -0.3 is 66.3 Å². The van der Waals surface area contributed by atoms with Gasteiger partial charge in [-0.3, -0.25) is 28.0 Å². The lowest BCUT2D eigenvalue weighted by Crippen LogP contribution is -2.46. The second-order valence-corrected chi connectivity index (χ2v) is 18.7. The predicted molar refractivity (Wildman–Crippen MR) is 181 cm³/mol. The van der Waals surface area contributed by atoms with Crippen molar-refractivity contribution in [2.24, 2.45) is 24.8 Å². The summed E-state index contributed by atoms with van der Waals surface area (Å²) in [4.78, 5) is 62.6. The number of fused-ring (bicyclic) bond motifs is 2. The number of phosphoric ester groups is 2. The fourth-order valence-corrected chi connectivity index (χ4v) is 11.0. The van der Waals surface area contributed by atoms with Crippen molar-refractivity contribution in [2.45, 2.75) is 49.1 Å². The number of anilines is 1. The Kier molecular flexibility index (Phi) is 11.7. The molecule has 3 aromatic heterocycles. The van der Waals surface area contributed by atoms with Crippen LogP contribution >= 0.6 is 31.3 Å². The summed E-state index contributed by atoms with van der Waals surface area (Å²) in [5.74, 6) is -0.210. The minimum atomic E-state index is -6.23. The molecule has 12 atom stereocenters. The smallest absolute Gasteiger partial charge is 0.387 e. The first-order valence-electron chi connectivity index (χ1n) is 15.7. The van der Waals surface area contributed by atoms with Gasteiger partial charge in [0.1, 0.15) is 36.6 Å². The largest absolute Gasteiger partial charge is 0.490 e. The molecule has 0 spiro atoms. The van der Waals surface area contributed by atoms with Gasteiger partial charge in [0.05, 0.1) is 33.0 Å². The van der Waals surface area contributed by atoms with Crippen LogP contribution in [0.2, 0.25) is 0 Å². The first-order chi connectivity index (χ1) is 26.3. The molecule has 0 aromatic carbocycles. The molecule has 0 radical (unpaired) electrons. The summed E-state index contributed by atoms with van der Waals surface area (Å²) in [5, 5.41) is 45.1. The number of rotatable bonds is 14. The van der Waals surface area contributed by atoms with Gasteiger partial charge in [0, 0.05) is 0 Å². The molecule has 0 saturated carbocycles. The van der Waals surface area contributed by atoms with Crippen LogP contribution in [0, 0.1) is 0 Å². The Balaban J connectivity index is 1.03. The Labute approximate surface area is 317 Å². The van der Waals surface area contributed by atoms with Crippen LogP contribution in [0.1, 0.15) is 18.1 Å². The second-order valence-electron chi connectivity index (χ2n) is 12.5. The molecule has 316 valence electrons. The van der Waals surface area contributed by atoms with E-state index >= 15 is 0 Å². The molecule has 3 aromatic rings. The fourth-order valence-electron chi connectivity index (χ4n) is 6.03. The molecule has 6 rings (SSSR count). The Morgan fingerprint density at radius 2 is 1.28 bits per heavy atom. The minimum absolute atomic E-state index is 0.0148. The molecule has 6 heterocycles. The maximum absolute atomic E-state index is 12.5. The molecular formula is C23H36N10O20P4+2.